The number of methoxy groups -OCH3 is 2. The lowest BCUT2D eigenvalue weighted by molar-refractivity contribution is -0.122. The molecule has 0 heterocycles. The molecule has 0 fully saturated rings. The molecule has 0 saturated heterocycles. The fraction of sp³-hybridized carbons (Fsp3) is 0.385. The molecular weight excluding hydrogens is 234 g/mol. The highest BCUT2D eigenvalue weighted by molar-refractivity contribution is 5.78. The van der Waals surface area contributed by atoms with Crippen molar-refractivity contribution < 1.29 is 19.1 Å². The van der Waals surface area contributed by atoms with Crippen LogP contribution >= 0.6 is 0 Å². The van der Waals surface area contributed by atoms with Crippen molar-refractivity contribution in [3.8, 4) is 11.5 Å². The van der Waals surface area contributed by atoms with E-state index in [4.69, 9.17) is 9.47 Å². The van der Waals surface area contributed by atoms with Crippen molar-refractivity contribution in [1.29, 1.82) is 0 Å². The van der Waals surface area contributed by atoms with Gasteiger partial charge < -0.3 is 19.6 Å². The summed E-state index contributed by atoms with van der Waals surface area (Å²) >= 11 is 0. The molecule has 0 aliphatic rings. The topological polar surface area (TPSA) is 64.6 Å². The third kappa shape index (κ3) is 4.08. The molecule has 0 aliphatic heterocycles. The highest BCUT2D eigenvalue weighted by Crippen LogP contribution is 2.27. The number of hydrogen-bond acceptors (Lipinski definition) is 4. The smallest absolute Gasteiger partial charge is 0.220 e. The van der Waals surface area contributed by atoms with Crippen LogP contribution in [0.2, 0.25) is 0 Å². The monoisotopic (exact) mass is 251 g/mol. The standard InChI is InChI=1S/C13H17NO4/c1-17-11-5-3-10(9-12(11)18-2)4-6-13(16)14-7-8-15/h3,5,8-9H,4,6-7H2,1-2H3,(H,14,16). The predicted octanol–water partition coefficient (Wildman–Crippen LogP) is 0.951. The number of carbonyl (C=O) groups excluding carboxylic acids is 2. The maximum atomic E-state index is 11.3. The first-order chi connectivity index (χ1) is 8.71. The van der Waals surface area contributed by atoms with Gasteiger partial charge in [-0.3, -0.25) is 4.79 Å². The molecule has 1 aromatic carbocycles. The minimum absolute atomic E-state index is 0.0603. The van der Waals surface area contributed by atoms with E-state index in [-0.39, 0.29) is 12.5 Å². The summed E-state index contributed by atoms with van der Waals surface area (Å²) in [5.74, 6) is 1.16. The first-order valence-electron chi connectivity index (χ1n) is 5.62. The Hall–Kier alpha value is -2.04. The number of nitrogens with one attached hydrogen (secondary N) is 1. The molecular formula is C13H17NO4. The first-order valence-corrected chi connectivity index (χ1v) is 5.62. The summed E-state index contributed by atoms with van der Waals surface area (Å²) in [6, 6.07) is 5.53. The maximum absolute atomic E-state index is 11.3. The van der Waals surface area contributed by atoms with Gasteiger partial charge in [0.05, 0.1) is 20.8 Å². The summed E-state index contributed by atoms with van der Waals surface area (Å²) in [5.41, 5.74) is 0.980. The minimum Gasteiger partial charge on any atom is -0.493 e. The molecule has 0 spiro atoms. The molecule has 5 heteroatoms. The number of amides is 1. The van der Waals surface area contributed by atoms with Crippen LogP contribution < -0.4 is 14.8 Å². The van der Waals surface area contributed by atoms with Crippen molar-refractivity contribution in [1.82, 2.24) is 5.32 Å². The summed E-state index contributed by atoms with van der Waals surface area (Å²) in [5, 5.41) is 2.49. The lowest BCUT2D eigenvalue weighted by Crippen LogP contribution is -2.25. The van der Waals surface area contributed by atoms with Crippen LogP contribution in [0, 0.1) is 0 Å². The Morgan fingerprint density at radius 1 is 1.28 bits per heavy atom. The molecule has 5 nitrogen and oxygen atoms in total. The fourth-order valence-corrected chi connectivity index (χ4v) is 1.54. The van der Waals surface area contributed by atoms with Gasteiger partial charge in [0.1, 0.15) is 6.29 Å². The van der Waals surface area contributed by atoms with E-state index in [9.17, 15) is 9.59 Å². The van der Waals surface area contributed by atoms with Crippen LogP contribution in [-0.4, -0.2) is 33.0 Å². The minimum atomic E-state index is -0.142. The SMILES string of the molecule is COc1ccc(CCC(=O)NCC=O)cc1OC. The molecule has 0 atom stereocenters. The molecule has 1 amide bonds. The summed E-state index contributed by atoms with van der Waals surface area (Å²) < 4.78 is 10.3. The van der Waals surface area contributed by atoms with Gasteiger partial charge in [-0.05, 0) is 24.1 Å². The summed E-state index contributed by atoms with van der Waals surface area (Å²) in [6.07, 6.45) is 1.59. The van der Waals surface area contributed by atoms with Gasteiger partial charge in [0.25, 0.3) is 0 Å². The fourth-order valence-electron chi connectivity index (χ4n) is 1.54. The molecule has 98 valence electrons. The molecule has 0 saturated carbocycles. The lowest BCUT2D eigenvalue weighted by atomic mass is 10.1. The van der Waals surface area contributed by atoms with Crippen molar-refractivity contribution in [2.75, 3.05) is 20.8 Å². The van der Waals surface area contributed by atoms with Gasteiger partial charge in [0, 0.05) is 6.42 Å². The van der Waals surface area contributed by atoms with Gasteiger partial charge in [0.15, 0.2) is 11.5 Å². The molecule has 0 bridgehead atoms. The number of rotatable bonds is 7. The van der Waals surface area contributed by atoms with Crippen molar-refractivity contribution in [2.45, 2.75) is 12.8 Å². The van der Waals surface area contributed by atoms with Crippen LogP contribution in [0.15, 0.2) is 18.2 Å². The van der Waals surface area contributed by atoms with Gasteiger partial charge >= 0.3 is 0 Å². The van der Waals surface area contributed by atoms with Gasteiger partial charge in [-0.2, -0.15) is 0 Å². The highest BCUT2D eigenvalue weighted by Gasteiger charge is 2.06. The Labute approximate surface area is 106 Å². The Morgan fingerprint density at radius 3 is 2.61 bits per heavy atom. The summed E-state index contributed by atoms with van der Waals surface area (Å²) in [7, 11) is 3.14. The van der Waals surface area contributed by atoms with E-state index in [1.807, 2.05) is 12.1 Å². The van der Waals surface area contributed by atoms with Crippen LogP contribution in [0.3, 0.4) is 0 Å². The summed E-state index contributed by atoms with van der Waals surface area (Å²) in [6.45, 7) is 0.0603. The summed E-state index contributed by atoms with van der Waals surface area (Å²) in [4.78, 5) is 21.4. The zero-order valence-electron chi connectivity index (χ0n) is 10.6. The normalized spacial score (nSPS) is 9.67. The Kier molecular flexibility index (Phi) is 5.70. The zero-order chi connectivity index (χ0) is 13.4. The van der Waals surface area contributed by atoms with E-state index in [0.717, 1.165) is 5.56 Å². The first kappa shape index (κ1) is 14.0. The number of hydrogen-bond donors (Lipinski definition) is 1. The molecule has 0 aliphatic carbocycles. The zero-order valence-corrected chi connectivity index (χ0v) is 10.6. The number of aryl methyl sites for hydroxylation is 1. The van der Waals surface area contributed by atoms with Crippen LogP contribution in [-0.2, 0) is 16.0 Å². The third-order valence-electron chi connectivity index (χ3n) is 2.47. The van der Waals surface area contributed by atoms with E-state index in [0.29, 0.717) is 30.6 Å². The van der Waals surface area contributed by atoms with Gasteiger partial charge in [-0.15, -0.1) is 0 Å². The maximum Gasteiger partial charge on any atom is 0.220 e. The highest BCUT2D eigenvalue weighted by atomic mass is 16.5. The molecule has 0 unspecified atom stereocenters. The Balaban J connectivity index is 2.57. The second-order valence-corrected chi connectivity index (χ2v) is 3.66. The van der Waals surface area contributed by atoms with Crippen LogP contribution in [0.5, 0.6) is 11.5 Å². The van der Waals surface area contributed by atoms with E-state index in [1.165, 1.54) is 0 Å². The largest absolute Gasteiger partial charge is 0.493 e. The van der Waals surface area contributed by atoms with E-state index in [1.54, 1.807) is 20.3 Å². The van der Waals surface area contributed by atoms with Gasteiger partial charge in [-0.25, -0.2) is 0 Å². The quantitative estimate of drug-likeness (QED) is 0.733. The van der Waals surface area contributed by atoms with E-state index < -0.39 is 0 Å². The number of carbonyl (C=O) groups is 2. The Morgan fingerprint density at radius 2 is 2.00 bits per heavy atom. The number of ether oxygens (including phenoxy) is 2. The van der Waals surface area contributed by atoms with Crippen molar-refractivity contribution in [3.63, 3.8) is 0 Å². The van der Waals surface area contributed by atoms with Crippen LogP contribution in [0.1, 0.15) is 12.0 Å². The van der Waals surface area contributed by atoms with E-state index >= 15 is 0 Å². The van der Waals surface area contributed by atoms with Crippen molar-refractivity contribution in [3.05, 3.63) is 23.8 Å². The molecule has 1 N–H and O–H groups in total. The van der Waals surface area contributed by atoms with Gasteiger partial charge in [0.2, 0.25) is 5.91 Å². The van der Waals surface area contributed by atoms with Crippen molar-refractivity contribution >= 4 is 12.2 Å². The molecule has 18 heavy (non-hydrogen) atoms. The number of aldehydes is 1. The van der Waals surface area contributed by atoms with Crippen molar-refractivity contribution in [2.24, 2.45) is 0 Å². The Bertz CT molecular complexity index is 417. The average Bonchev–Trinajstić information content (AvgIpc) is 2.42. The third-order valence-corrected chi connectivity index (χ3v) is 2.47. The second kappa shape index (κ2) is 7.32. The van der Waals surface area contributed by atoms with Gasteiger partial charge in [-0.1, -0.05) is 6.07 Å². The predicted molar refractivity (Wildman–Crippen MR) is 66.9 cm³/mol. The molecule has 0 aromatic heterocycles. The molecule has 1 rings (SSSR count). The van der Waals surface area contributed by atoms with E-state index in [2.05, 4.69) is 5.32 Å². The molecule has 0 radical (unpaired) electrons. The lowest BCUT2D eigenvalue weighted by Gasteiger charge is -2.09. The average molecular weight is 251 g/mol. The second-order valence-electron chi connectivity index (χ2n) is 3.66. The van der Waals surface area contributed by atoms with Crippen LogP contribution in [0.25, 0.3) is 0 Å². The molecule has 1 aromatic rings. The van der Waals surface area contributed by atoms with Crippen LogP contribution in [0.4, 0.5) is 0 Å². The number of benzene rings is 1.